The van der Waals surface area contributed by atoms with Crippen LogP contribution in [0.4, 0.5) is 5.13 Å². The minimum Gasteiger partial charge on any atom is -1.00 e. The maximum atomic E-state index is 13.4. The number of aliphatic carboxylic acids is 1. The third-order valence-corrected chi connectivity index (χ3v) is 8.88. The maximum Gasteiger partial charge on any atom is 1.00 e. The molecule has 17 heteroatoms. The van der Waals surface area contributed by atoms with Crippen LogP contribution in [0.1, 0.15) is 39.1 Å². The Labute approximate surface area is 328 Å². The zero-order chi connectivity index (χ0) is 33.1. The Bertz CT molecular complexity index is 1810. The Morgan fingerprint density at radius 2 is 1.44 bits per heavy atom. The normalized spacial score (nSPS) is 14.9. The van der Waals surface area contributed by atoms with Gasteiger partial charge in [-0.15, -0.1) is 11.3 Å². The van der Waals surface area contributed by atoms with Crippen molar-refractivity contribution >= 4 is 50.3 Å². The summed E-state index contributed by atoms with van der Waals surface area (Å²) in [4.78, 5) is 47.2. The number of nitrogens with zero attached hydrogens (tertiary/aromatic N) is 3. The summed E-state index contributed by atoms with van der Waals surface area (Å²) in [7, 11) is -4.79. The SMILES string of the molecule is CC(C)(ON=C(C(=O)NC1CN(S(=O)(=O)O)C1=O)c1csc(NC(c2ccccc2)(c2ccccc2)c2ccccc2)n1)C(=O)O.[H-].[H-].[Na+].[Na+]. The second kappa shape index (κ2) is 16.1. The van der Waals surface area contributed by atoms with Gasteiger partial charge in [-0.2, -0.15) is 8.42 Å². The molecule has 1 unspecified atom stereocenters. The van der Waals surface area contributed by atoms with Crippen LogP contribution in [-0.4, -0.2) is 69.0 Å². The molecule has 5 rings (SSSR count). The number of carbonyl (C=O) groups excluding carboxylic acids is 2. The predicted octanol–water partition coefficient (Wildman–Crippen LogP) is -2.51. The first-order valence-electron chi connectivity index (χ1n) is 13.8. The zero-order valence-electron chi connectivity index (χ0n) is 28.5. The second-order valence-corrected chi connectivity index (χ2v) is 12.9. The molecule has 0 bridgehead atoms. The van der Waals surface area contributed by atoms with Crippen LogP contribution in [0.5, 0.6) is 0 Å². The fourth-order valence-corrected chi connectivity index (χ4v) is 6.16. The van der Waals surface area contributed by atoms with Crippen LogP contribution < -0.4 is 69.7 Å². The zero-order valence-corrected chi connectivity index (χ0v) is 32.2. The van der Waals surface area contributed by atoms with Gasteiger partial charge in [-0.25, -0.2) is 14.1 Å². The molecule has 48 heavy (non-hydrogen) atoms. The largest absolute Gasteiger partial charge is 1.00 e. The van der Waals surface area contributed by atoms with Gasteiger partial charge in [0.25, 0.3) is 11.8 Å². The first kappa shape index (κ1) is 39.3. The minimum absolute atomic E-state index is 0. The van der Waals surface area contributed by atoms with E-state index in [-0.39, 0.29) is 72.0 Å². The number of rotatable bonds is 12. The van der Waals surface area contributed by atoms with Gasteiger partial charge in [0.2, 0.25) is 5.60 Å². The smallest absolute Gasteiger partial charge is 1.00 e. The van der Waals surface area contributed by atoms with Gasteiger partial charge in [-0.05, 0) is 30.5 Å². The number of amides is 2. The van der Waals surface area contributed by atoms with Gasteiger partial charge < -0.3 is 23.4 Å². The molecule has 0 saturated carbocycles. The summed E-state index contributed by atoms with van der Waals surface area (Å²) in [5.74, 6) is -3.39. The van der Waals surface area contributed by atoms with E-state index in [4.69, 9.17) is 9.39 Å². The van der Waals surface area contributed by atoms with E-state index in [0.717, 1.165) is 28.0 Å². The maximum absolute atomic E-state index is 13.4. The quantitative estimate of drug-likeness (QED) is 0.0306. The predicted molar refractivity (Wildman–Crippen MR) is 172 cm³/mol. The molecule has 1 aromatic heterocycles. The van der Waals surface area contributed by atoms with E-state index in [0.29, 0.717) is 5.13 Å². The molecule has 242 valence electrons. The number of carboxylic acid groups (broad SMARTS) is 1. The van der Waals surface area contributed by atoms with Gasteiger partial charge in [-0.3, -0.25) is 14.1 Å². The molecule has 0 radical (unpaired) electrons. The second-order valence-electron chi connectivity index (χ2n) is 10.7. The number of thiazole rings is 1. The van der Waals surface area contributed by atoms with Crippen LogP contribution in [-0.2, 0) is 35.1 Å². The van der Waals surface area contributed by atoms with Crippen LogP contribution in [0, 0.1) is 0 Å². The topological polar surface area (TPSA) is 188 Å². The number of hydrogen-bond donors (Lipinski definition) is 4. The molecule has 1 aliphatic rings. The van der Waals surface area contributed by atoms with Crippen molar-refractivity contribution in [3.8, 4) is 0 Å². The average molecular weight is 712 g/mol. The summed E-state index contributed by atoms with van der Waals surface area (Å²) in [6.07, 6.45) is 0. The summed E-state index contributed by atoms with van der Waals surface area (Å²) in [5, 5.41) is 21.1. The number of β-lactam (4-membered cyclic amide) rings is 1. The van der Waals surface area contributed by atoms with Crippen molar-refractivity contribution in [1.29, 1.82) is 0 Å². The van der Waals surface area contributed by atoms with Crippen molar-refractivity contribution < 1.29 is 99.3 Å². The fraction of sp³-hybridized carbons (Fsp3) is 0.194. The first-order valence-corrected chi connectivity index (χ1v) is 16.1. The van der Waals surface area contributed by atoms with E-state index in [9.17, 15) is 27.9 Å². The van der Waals surface area contributed by atoms with Crippen molar-refractivity contribution in [2.24, 2.45) is 5.16 Å². The Morgan fingerprint density at radius 3 is 1.85 bits per heavy atom. The molecular formula is C31H31N5Na2O8S2. The Kier molecular flexibility index (Phi) is 13.2. The number of aromatic nitrogens is 1. The van der Waals surface area contributed by atoms with Gasteiger partial charge in [0, 0.05) is 5.38 Å². The van der Waals surface area contributed by atoms with Crippen LogP contribution in [0.25, 0.3) is 0 Å². The number of benzene rings is 3. The van der Waals surface area contributed by atoms with E-state index in [1.54, 1.807) is 0 Å². The molecule has 0 spiro atoms. The number of oxime groups is 1. The summed E-state index contributed by atoms with van der Waals surface area (Å²) < 4.78 is 32.0. The molecule has 4 aromatic rings. The summed E-state index contributed by atoms with van der Waals surface area (Å²) >= 11 is 1.15. The Hall–Kier alpha value is -3.12. The average Bonchev–Trinajstić information content (AvgIpc) is 3.50. The van der Waals surface area contributed by atoms with Crippen molar-refractivity contribution in [3.05, 3.63) is 119 Å². The van der Waals surface area contributed by atoms with Crippen molar-refractivity contribution in [2.75, 3.05) is 11.9 Å². The summed E-state index contributed by atoms with van der Waals surface area (Å²) in [6.45, 7) is 1.96. The Balaban J connectivity index is 0.00000312. The number of carbonyl (C=O) groups is 3. The number of anilines is 1. The number of carboxylic acids is 1. The van der Waals surface area contributed by atoms with Crippen molar-refractivity contribution in [3.63, 3.8) is 0 Å². The van der Waals surface area contributed by atoms with E-state index >= 15 is 0 Å². The van der Waals surface area contributed by atoms with Crippen LogP contribution in [0.3, 0.4) is 0 Å². The molecule has 3 aromatic carbocycles. The molecule has 1 atom stereocenters. The molecule has 13 nitrogen and oxygen atoms in total. The van der Waals surface area contributed by atoms with E-state index < -0.39 is 57.5 Å². The minimum atomic E-state index is -4.79. The third kappa shape index (κ3) is 8.35. The van der Waals surface area contributed by atoms with Gasteiger partial charge in [0.15, 0.2) is 10.8 Å². The van der Waals surface area contributed by atoms with Crippen molar-refractivity contribution in [2.45, 2.75) is 31.0 Å². The molecule has 4 N–H and O–H groups in total. The van der Waals surface area contributed by atoms with Gasteiger partial charge in [0.05, 0.1) is 6.54 Å². The monoisotopic (exact) mass is 711 g/mol. The number of nitrogens with one attached hydrogen (secondary N) is 2. The van der Waals surface area contributed by atoms with Crippen molar-refractivity contribution in [1.82, 2.24) is 14.6 Å². The molecule has 1 saturated heterocycles. The molecule has 2 amide bonds. The fourth-order valence-electron chi connectivity index (χ4n) is 4.72. The third-order valence-electron chi connectivity index (χ3n) is 7.23. The van der Waals surface area contributed by atoms with E-state index in [1.165, 1.54) is 19.2 Å². The molecule has 0 aliphatic carbocycles. The van der Waals surface area contributed by atoms with Crippen LogP contribution in [0.2, 0.25) is 0 Å². The molecule has 1 fully saturated rings. The molecule has 2 heterocycles. The summed E-state index contributed by atoms with van der Waals surface area (Å²) in [5.41, 5.74) is -0.552. The Morgan fingerprint density at radius 1 is 0.958 bits per heavy atom. The van der Waals surface area contributed by atoms with E-state index in [1.807, 2.05) is 91.0 Å². The van der Waals surface area contributed by atoms with Crippen LogP contribution in [0.15, 0.2) is 102 Å². The van der Waals surface area contributed by atoms with Gasteiger partial charge in [-0.1, -0.05) is 96.2 Å². The number of hydrogen-bond acceptors (Lipinski definition) is 10. The summed E-state index contributed by atoms with van der Waals surface area (Å²) in [6, 6.07) is 27.9. The first-order chi connectivity index (χ1) is 21.8. The van der Waals surface area contributed by atoms with Crippen LogP contribution >= 0.6 is 11.3 Å². The molecule has 1 aliphatic heterocycles. The molecular weight excluding hydrogens is 680 g/mol. The van der Waals surface area contributed by atoms with E-state index in [2.05, 4.69) is 20.8 Å². The van der Waals surface area contributed by atoms with Gasteiger partial charge >= 0.3 is 75.4 Å². The standard InChI is InChI=1S/C31H29N5O8S2.2Na.2H/c1-30(2,28(39)40)44-35-25(26(37)32-23-18-36(27(23)38)46(41,42)43)24-19-45-29(33-24)34-31(20-12-6-3-7-13-20,21-14-8-4-9-15-21)22-16-10-5-11-17-22;;;;/h3-17,19,23H,18H2,1-2H3,(H,32,37)(H,33,34)(H,39,40)(H,41,42,43);;;;/q;2*+1;2*-1. The van der Waals surface area contributed by atoms with Gasteiger partial charge in [0.1, 0.15) is 17.3 Å².